The Balaban J connectivity index is 2.54. The second-order valence-electron chi connectivity index (χ2n) is 4.67. The van der Waals surface area contributed by atoms with Gasteiger partial charge in [0.15, 0.2) is 0 Å². The summed E-state index contributed by atoms with van der Waals surface area (Å²) in [5.74, 6) is 0.0985. The minimum Gasteiger partial charge on any atom is -0.349 e. The van der Waals surface area contributed by atoms with Crippen LogP contribution in [0.2, 0.25) is 0 Å². The van der Waals surface area contributed by atoms with Gasteiger partial charge in [0.1, 0.15) is 0 Å². The molecule has 0 atom stereocenters. The zero-order valence-electron chi connectivity index (χ0n) is 11.0. The molecule has 0 aliphatic rings. The summed E-state index contributed by atoms with van der Waals surface area (Å²) in [6.07, 6.45) is 4.74. The van der Waals surface area contributed by atoms with Crippen LogP contribution in [0.1, 0.15) is 32.7 Å². The monoisotopic (exact) mass is 239 g/mol. The molecule has 0 saturated heterocycles. The van der Waals surface area contributed by atoms with Gasteiger partial charge >= 0.3 is 5.69 Å². The van der Waals surface area contributed by atoms with Gasteiger partial charge in [0.05, 0.1) is 0 Å². The van der Waals surface area contributed by atoms with E-state index >= 15 is 0 Å². The Morgan fingerprint density at radius 2 is 2.00 bits per heavy atom. The molecule has 0 aliphatic heterocycles. The van der Waals surface area contributed by atoms with E-state index in [0.29, 0.717) is 19.4 Å². The molecule has 1 rings (SSSR count). The fraction of sp³-hybridized carbons (Fsp3) is 0.667. The van der Waals surface area contributed by atoms with Crippen molar-refractivity contribution in [3.05, 3.63) is 22.9 Å². The average Bonchev–Trinajstić information content (AvgIpc) is 2.60. The van der Waals surface area contributed by atoms with Crippen molar-refractivity contribution < 1.29 is 4.79 Å². The van der Waals surface area contributed by atoms with Crippen molar-refractivity contribution >= 4 is 5.91 Å². The van der Waals surface area contributed by atoms with E-state index in [0.717, 1.165) is 0 Å². The Labute approximate surface area is 102 Å². The van der Waals surface area contributed by atoms with Gasteiger partial charge in [0, 0.05) is 45.5 Å². The molecule has 1 aromatic heterocycles. The lowest BCUT2D eigenvalue weighted by Gasteiger charge is -2.09. The number of amides is 1. The Morgan fingerprint density at radius 3 is 2.47 bits per heavy atom. The summed E-state index contributed by atoms with van der Waals surface area (Å²) >= 11 is 0. The van der Waals surface area contributed by atoms with Gasteiger partial charge in [-0.2, -0.15) is 0 Å². The topological polar surface area (TPSA) is 47.2 Å². The Kier molecular flexibility index (Phi) is 4.54. The molecule has 0 aromatic carbocycles. The summed E-state index contributed by atoms with van der Waals surface area (Å²) in [5, 5.41) is 0. The molecule has 0 aliphatic carbocycles. The van der Waals surface area contributed by atoms with Crippen molar-refractivity contribution in [2.24, 2.45) is 0 Å². The SMILES string of the molecule is CC(C)n1ccn(CCCC(=O)N(C)C)c1=O. The van der Waals surface area contributed by atoms with Crippen LogP contribution in [-0.2, 0) is 11.3 Å². The van der Waals surface area contributed by atoms with E-state index in [4.69, 9.17) is 0 Å². The number of carbonyl (C=O) groups is 1. The molecular weight excluding hydrogens is 218 g/mol. The van der Waals surface area contributed by atoms with Gasteiger partial charge < -0.3 is 4.90 Å². The first-order valence-electron chi connectivity index (χ1n) is 5.91. The highest BCUT2D eigenvalue weighted by molar-refractivity contribution is 5.75. The molecule has 1 amide bonds. The molecule has 1 heterocycles. The minimum atomic E-state index is -0.00250. The number of nitrogens with zero attached hydrogens (tertiary/aromatic N) is 3. The molecule has 5 nitrogen and oxygen atoms in total. The van der Waals surface area contributed by atoms with Gasteiger partial charge in [-0.25, -0.2) is 4.79 Å². The van der Waals surface area contributed by atoms with E-state index in [-0.39, 0.29) is 17.6 Å². The van der Waals surface area contributed by atoms with Gasteiger partial charge in [-0.15, -0.1) is 0 Å². The third kappa shape index (κ3) is 3.47. The van der Waals surface area contributed by atoms with E-state index in [9.17, 15) is 9.59 Å². The van der Waals surface area contributed by atoms with Crippen LogP contribution < -0.4 is 5.69 Å². The minimum absolute atomic E-state index is 0.00250. The quantitative estimate of drug-likeness (QED) is 0.772. The average molecular weight is 239 g/mol. The second-order valence-corrected chi connectivity index (χ2v) is 4.67. The van der Waals surface area contributed by atoms with Crippen molar-refractivity contribution in [3.8, 4) is 0 Å². The third-order valence-corrected chi connectivity index (χ3v) is 2.72. The van der Waals surface area contributed by atoms with Crippen LogP contribution in [0.25, 0.3) is 0 Å². The van der Waals surface area contributed by atoms with Crippen LogP contribution in [0, 0.1) is 0 Å². The van der Waals surface area contributed by atoms with Crippen molar-refractivity contribution in [2.45, 2.75) is 39.3 Å². The van der Waals surface area contributed by atoms with Crippen LogP contribution in [0.3, 0.4) is 0 Å². The summed E-state index contributed by atoms with van der Waals surface area (Å²) in [5.41, 5.74) is -0.00250. The predicted octanol–water partition coefficient (Wildman–Crippen LogP) is 1.10. The lowest BCUT2D eigenvalue weighted by molar-refractivity contribution is -0.128. The number of aryl methyl sites for hydroxylation is 1. The highest BCUT2D eigenvalue weighted by Crippen LogP contribution is 2.01. The summed E-state index contributed by atoms with van der Waals surface area (Å²) in [4.78, 5) is 24.8. The predicted molar refractivity (Wildman–Crippen MR) is 67.0 cm³/mol. The number of rotatable bonds is 5. The highest BCUT2D eigenvalue weighted by atomic mass is 16.2. The Bertz CT molecular complexity index is 429. The standard InChI is InChI=1S/C12H21N3O2/c1-10(2)15-9-8-14(12(15)17)7-5-6-11(16)13(3)4/h8-10H,5-7H2,1-4H3. The summed E-state index contributed by atoms with van der Waals surface area (Å²) < 4.78 is 3.34. The first-order chi connectivity index (χ1) is 7.93. The van der Waals surface area contributed by atoms with Gasteiger partial charge in [-0.1, -0.05) is 0 Å². The fourth-order valence-corrected chi connectivity index (χ4v) is 1.62. The zero-order valence-corrected chi connectivity index (χ0v) is 11.0. The smallest absolute Gasteiger partial charge is 0.328 e. The molecule has 0 N–H and O–H groups in total. The molecule has 0 unspecified atom stereocenters. The molecule has 1 aromatic rings. The molecule has 0 saturated carbocycles. The van der Waals surface area contributed by atoms with E-state index < -0.39 is 0 Å². The van der Waals surface area contributed by atoms with Crippen LogP contribution >= 0.6 is 0 Å². The van der Waals surface area contributed by atoms with Crippen LogP contribution in [-0.4, -0.2) is 34.0 Å². The lowest BCUT2D eigenvalue weighted by Crippen LogP contribution is -2.26. The first kappa shape index (κ1) is 13.5. The number of hydrogen-bond donors (Lipinski definition) is 0. The molecule has 5 heteroatoms. The molecule has 17 heavy (non-hydrogen) atoms. The van der Waals surface area contributed by atoms with Crippen molar-refractivity contribution in [2.75, 3.05) is 14.1 Å². The van der Waals surface area contributed by atoms with Gasteiger partial charge in [-0.05, 0) is 20.3 Å². The van der Waals surface area contributed by atoms with Crippen molar-refractivity contribution in [1.82, 2.24) is 14.0 Å². The molecule has 96 valence electrons. The van der Waals surface area contributed by atoms with Gasteiger partial charge in [0.2, 0.25) is 5.91 Å². The molecule has 0 radical (unpaired) electrons. The number of imidazole rings is 1. The highest BCUT2D eigenvalue weighted by Gasteiger charge is 2.07. The van der Waals surface area contributed by atoms with Crippen LogP contribution in [0.15, 0.2) is 17.2 Å². The van der Waals surface area contributed by atoms with Gasteiger partial charge in [-0.3, -0.25) is 13.9 Å². The van der Waals surface area contributed by atoms with E-state index in [1.54, 1.807) is 40.5 Å². The number of carbonyl (C=O) groups excluding carboxylic acids is 1. The fourth-order valence-electron chi connectivity index (χ4n) is 1.62. The third-order valence-electron chi connectivity index (χ3n) is 2.72. The maximum absolute atomic E-state index is 11.9. The first-order valence-corrected chi connectivity index (χ1v) is 5.91. The molecular formula is C12H21N3O2. The maximum atomic E-state index is 11.9. The van der Waals surface area contributed by atoms with Crippen molar-refractivity contribution in [1.29, 1.82) is 0 Å². The molecule has 0 bridgehead atoms. The number of aromatic nitrogens is 2. The zero-order chi connectivity index (χ0) is 13.0. The van der Waals surface area contributed by atoms with Gasteiger partial charge in [0.25, 0.3) is 0 Å². The van der Waals surface area contributed by atoms with E-state index in [2.05, 4.69) is 0 Å². The summed E-state index contributed by atoms with van der Waals surface area (Å²) in [7, 11) is 3.48. The maximum Gasteiger partial charge on any atom is 0.328 e. The summed E-state index contributed by atoms with van der Waals surface area (Å²) in [6, 6.07) is 0.173. The van der Waals surface area contributed by atoms with E-state index in [1.807, 2.05) is 13.8 Å². The number of hydrogen-bond acceptors (Lipinski definition) is 2. The normalized spacial score (nSPS) is 10.9. The Hall–Kier alpha value is -1.52. The Morgan fingerprint density at radius 1 is 1.35 bits per heavy atom. The molecule has 0 spiro atoms. The lowest BCUT2D eigenvalue weighted by atomic mass is 10.3. The molecule has 0 fully saturated rings. The van der Waals surface area contributed by atoms with E-state index in [1.165, 1.54) is 0 Å². The summed E-state index contributed by atoms with van der Waals surface area (Å²) in [6.45, 7) is 4.54. The largest absolute Gasteiger partial charge is 0.349 e. The van der Waals surface area contributed by atoms with Crippen LogP contribution in [0.4, 0.5) is 0 Å². The van der Waals surface area contributed by atoms with Crippen molar-refractivity contribution in [3.63, 3.8) is 0 Å². The second kappa shape index (κ2) is 5.70. The van der Waals surface area contributed by atoms with Crippen LogP contribution in [0.5, 0.6) is 0 Å².